The van der Waals surface area contributed by atoms with Gasteiger partial charge < -0.3 is 9.47 Å². The van der Waals surface area contributed by atoms with Crippen molar-refractivity contribution in [2.24, 2.45) is 0 Å². The van der Waals surface area contributed by atoms with E-state index in [4.69, 9.17) is 10.5 Å². The van der Waals surface area contributed by atoms with Crippen LogP contribution in [-0.4, -0.2) is 44.4 Å². The van der Waals surface area contributed by atoms with Crippen LogP contribution in [0.5, 0.6) is 0 Å². The van der Waals surface area contributed by atoms with Crippen LogP contribution in [-0.2, 0) is 4.79 Å². The van der Waals surface area contributed by atoms with Gasteiger partial charge in [-0.2, -0.15) is 10.5 Å². The van der Waals surface area contributed by atoms with Crippen molar-refractivity contribution in [2.45, 2.75) is 36.9 Å². The van der Waals surface area contributed by atoms with Gasteiger partial charge in [-0.3, -0.25) is 4.79 Å². The fraction of sp³-hybridized carbons (Fsp3) is 0.615. The van der Waals surface area contributed by atoms with Gasteiger partial charge in [0.2, 0.25) is 5.91 Å². The highest BCUT2D eigenvalue weighted by molar-refractivity contribution is 7.99. The Labute approximate surface area is 127 Å². The molecule has 1 aliphatic rings. The summed E-state index contributed by atoms with van der Waals surface area (Å²) in [6.07, 6.45) is 4.53. The number of hydrogen-bond donors (Lipinski definition) is 0. The summed E-state index contributed by atoms with van der Waals surface area (Å²) in [6.45, 7) is 0.736. The molecule has 1 aromatic heterocycles. The fourth-order valence-electron chi connectivity index (χ4n) is 1.89. The Kier molecular flexibility index (Phi) is 5.59. The average molecular weight is 304 g/mol. The van der Waals surface area contributed by atoms with Gasteiger partial charge in [0.25, 0.3) is 0 Å². The van der Waals surface area contributed by atoms with Gasteiger partial charge in [0.15, 0.2) is 5.16 Å². The SMILES string of the molecule is N#CCCN(CCC#N)C(=O)CSc1nncn1C1CC1. The molecule has 0 N–H and O–H groups in total. The Hall–Kier alpha value is -2.06. The Bertz CT molecular complexity index is 550. The third-order valence-corrected chi connectivity index (χ3v) is 4.09. The summed E-state index contributed by atoms with van der Waals surface area (Å²) in [5, 5.41) is 25.9. The minimum atomic E-state index is -0.0733. The second-order valence-corrected chi connectivity index (χ2v) is 5.68. The first kappa shape index (κ1) is 15.3. The zero-order valence-corrected chi connectivity index (χ0v) is 12.4. The zero-order chi connectivity index (χ0) is 15.1. The lowest BCUT2D eigenvalue weighted by Gasteiger charge is -2.19. The monoisotopic (exact) mass is 304 g/mol. The maximum absolute atomic E-state index is 12.2. The summed E-state index contributed by atoms with van der Waals surface area (Å²) in [7, 11) is 0. The molecule has 2 rings (SSSR count). The molecule has 21 heavy (non-hydrogen) atoms. The van der Waals surface area contributed by atoms with Crippen LogP contribution in [0.4, 0.5) is 0 Å². The number of rotatable bonds is 8. The average Bonchev–Trinajstić information content (AvgIpc) is 3.23. The molecule has 8 heteroatoms. The van der Waals surface area contributed by atoms with Gasteiger partial charge in [0.1, 0.15) is 6.33 Å². The molecule has 1 heterocycles. The molecule has 1 amide bonds. The fourth-order valence-corrected chi connectivity index (χ4v) is 2.77. The van der Waals surface area contributed by atoms with Crippen LogP contribution in [0, 0.1) is 22.7 Å². The van der Waals surface area contributed by atoms with Crippen molar-refractivity contribution >= 4 is 17.7 Å². The number of carbonyl (C=O) groups excluding carboxylic acids is 1. The van der Waals surface area contributed by atoms with Crippen LogP contribution in [0.2, 0.25) is 0 Å². The van der Waals surface area contributed by atoms with Crippen molar-refractivity contribution in [3.8, 4) is 12.1 Å². The van der Waals surface area contributed by atoms with E-state index in [0.29, 0.717) is 19.1 Å². The van der Waals surface area contributed by atoms with Crippen LogP contribution in [0.1, 0.15) is 31.7 Å². The first-order chi connectivity index (χ1) is 10.3. The molecule has 0 aromatic carbocycles. The lowest BCUT2D eigenvalue weighted by molar-refractivity contribution is -0.128. The van der Waals surface area contributed by atoms with Gasteiger partial charge in [-0.1, -0.05) is 11.8 Å². The topological polar surface area (TPSA) is 98.6 Å². The highest BCUT2D eigenvalue weighted by atomic mass is 32.2. The van der Waals surface area contributed by atoms with Crippen molar-refractivity contribution < 1.29 is 4.79 Å². The molecule has 0 aliphatic heterocycles. The van der Waals surface area contributed by atoms with Crippen molar-refractivity contribution in [2.75, 3.05) is 18.8 Å². The number of nitriles is 2. The Morgan fingerprint density at radius 3 is 2.62 bits per heavy atom. The molecular formula is C13H16N6OS. The van der Waals surface area contributed by atoms with E-state index in [2.05, 4.69) is 10.2 Å². The molecule has 0 spiro atoms. The van der Waals surface area contributed by atoms with E-state index in [1.807, 2.05) is 16.7 Å². The minimum absolute atomic E-state index is 0.0733. The first-order valence-electron chi connectivity index (χ1n) is 6.80. The number of amides is 1. The Balaban J connectivity index is 1.87. The van der Waals surface area contributed by atoms with E-state index in [1.54, 1.807) is 11.2 Å². The Morgan fingerprint density at radius 1 is 1.38 bits per heavy atom. The summed E-state index contributed by atoms with van der Waals surface area (Å²) in [4.78, 5) is 13.7. The van der Waals surface area contributed by atoms with Crippen LogP contribution in [0.25, 0.3) is 0 Å². The van der Waals surface area contributed by atoms with E-state index in [-0.39, 0.29) is 24.5 Å². The maximum Gasteiger partial charge on any atom is 0.233 e. The van der Waals surface area contributed by atoms with Gasteiger partial charge in [0.05, 0.1) is 30.7 Å². The van der Waals surface area contributed by atoms with E-state index >= 15 is 0 Å². The number of carbonyl (C=O) groups is 1. The van der Waals surface area contributed by atoms with Crippen LogP contribution in [0.3, 0.4) is 0 Å². The summed E-state index contributed by atoms with van der Waals surface area (Å²) < 4.78 is 2.01. The van der Waals surface area contributed by atoms with Gasteiger partial charge >= 0.3 is 0 Å². The number of nitrogens with zero attached hydrogens (tertiary/aromatic N) is 6. The lowest BCUT2D eigenvalue weighted by Crippen LogP contribution is -2.34. The van der Waals surface area contributed by atoms with Crippen molar-refractivity contribution in [3.63, 3.8) is 0 Å². The highest BCUT2D eigenvalue weighted by Gasteiger charge is 2.26. The van der Waals surface area contributed by atoms with Crippen molar-refractivity contribution in [1.29, 1.82) is 10.5 Å². The predicted molar refractivity (Wildman–Crippen MR) is 76.1 cm³/mol. The van der Waals surface area contributed by atoms with Crippen LogP contribution in [0.15, 0.2) is 11.5 Å². The predicted octanol–water partition coefficient (Wildman–Crippen LogP) is 1.36. The number of aromatic nitrogens is 3. The normalized spacial score (nSPS) is 13.4. The molecule has 1 saturated carbocycles. The number of thioether (sulfide) groups is 1. The first-order valence-corrected chi connectivity index (χ1v) is 7.78. The van der Waals surface area contributed by atoms with Crippen LogP contribution < -0.4 is 0 Å². The molecule has 7 nitrogen and oxygen atoms in total. The molecule has 0 radical (unpaired) electrons. The van der Waals surface area contributed by atoms with Gasteiger partial charge in [-0.15, -0.1) is 10.2 Å². The van der Waals surface area contributed by atoms with E-state index in [9.17, 15) is 4.79 Å². The standard InChI is InChI=1S/C13H16N6OS/c14-5-1-7-18(8-2-6-15)12(20)9-21-13-17-16-10-19(13)11-3-4-11/h10-11H,1-4,7-9H2. The van der Waals surface area contributed by atoms with E-state index in [1.165, 1.54) is 11.8 Å². The highest BCUT2D eigenvalue weighted by Crippen LogP contribution is 2.37. The molecule has 0 atom stereocenters. The van der Waals surface area contributed by atoms with E-state index < -0.39 is 0 Å². The third-order valence-electron chi connectivity index (χ3n) is 3.14. The molecule has 110 valence electrons. The summed E-state index contributed by atoms with van der Waals surface area (Å²) in [5.74, 6) is 0.179. The van der Waals surface area contributed by atoms with Gasteiger partial charge in [-0.05, 0) is 12.8 Å². The lowest BCUT2D eigenvalue weighted by atomic mass is 10.3. The summed E-state index contributed by atoms with van der Waals surface area (Å²) in [6, 6.07) is 4.52. The largest absolute Gasteiger partial charge is 0.340 e. The molecule has 0 saturated heterocycles. The smallest absolute Gasteiger partial charge is 0.233 e. The second-order valence-electron chi connectivity index (χ2n) is 4.74. The minimum Gasteiger partial charge on any atom is -0.340 e. The van der Waals surface area contributed by atoms with Crippen molar-refractivity contribution in [1.82, 2.24) is 19.7 Å². The van der Waals surface area contributed by atoms with E-state index in [0.717, 1.165) is 18.0 Å². The molecule has 0 bridgehead atoms. The molecule has 1 aliphatic carbocycles. The quantitative estimate of drug-likeness (QED) is 0.672. The third kappa shape index (κ3) is 4.47. The molecule has 0 unspecified atom stereocenters. The maximum atomic E-state index is 12.2. The van der Waals surface area contributed by atoms with Gasteiger partial charge in [0, 0.05) is 19.1 Å². The van der Waals surface area contributed by atoms with Gasteiger partial charge in [-0.25, -0.2) is 0 Å². The van der Waals surface area contributed by atoms with Crippen molar-refractivity contribution in [3.05, 3.63) is 6.33 Å². The second kappa shape index (κ2) is 7.65. The molecule has 1 fully saturated rings. The molecular weight excluding hydrogens is 288 g/mol. The Morgan fingerprint density at radius 2 is 2.05 bits per heavy atom. The number of hydrogen-bond acceptors (Lipinski definition) is 6. The molecule has 1 aromatic rings. The van der Waals surface area contributed by atoms with Crippen LogP contribution >= 0.6 is 11.8 Å². The zero-order valence-electron chi connectivity index (χ0n) is 11.6. The summed E-state index contributed by atoms with van der Waals surface area (Å²) in [5.41, 5.74) is 0. The summed E-state index contributed by atoms with van der Waals surface area (Å²) >= 11 is 1.36.